The average molecular weight is 378 g/mol. The van der Waals surface area contributed by atoms with Crippen molar-refractivity contribution in [3.05, 3.63) is 42.6 Å². The Kier molecular flexibility index (Phi) is 5.45. The van der Waals surface area contributed by atoms with Crippen LogP contribution in [0, 0.1) is 0 Å². The van der Waals surface area contributed by atoms with Gasteiger partial charge in [0.05, 0.1) is 30.4 Å². The number of aromatic nitrogens is 2. The van der Waals surface area contributed by atoms with Gasteiger partial charge in [-0.1, -0.05) is 12.1 Å². The van der Waals surface area contributed by atoms with Crippen molar-refractivity contribution in [3.8, 4) is 22.8 Å². The highest BCUT2D eigenvalue weighted by atomic mass is 16.5. The van der Waals surface area contributed by atoms with E-state index >= 15 is 0 Å². The minimum absolute atomic E-state index is 0.0866. The van der Waals surface area contributed by atoms with E-state index in [1.54, 1.807) is 6.20 Å². The summed E-state index contributed by atoms with van der Waals surface area (Å²) in [5, 5.41) is 0. The Bertz CT molecular complexity index is 987. The van der Waals surface area contributed by atoms with Gasteiger partial charge >= 0.3 is 0 Å². The van der Waals surface area contributed by atoms with Gasteiger partial charge in [-0.15, -0.1) is 0 Å². The van der Waals surface area contributed by atoms with Crippen LogP contribution in [0.1, 0.15) is 12.8 Å². The zero-order chi connectivity index (χ0) is 19.3. The third-order valence-corrected chi connectivity index (χ3v) is 4.68. The lowest BCUT2D eigenvalue weighted by Gasteiger charge is -2.22. The van der Waals surface area contributed by atoms with E-state index in [1.165, 1.54) is 0 Å². The number of ether oxygens (including phenoxy) is 3. The molecule has 0 radical (unpaired) electrons. The van der Waals surface area contributed by atoms with Gasteiger partial charge in [0.1, 0.15) is 24.3 Å². The van der Waals surface area contributed by atoms with Crippen LogP contribution in [-0.4, -0.2) is 42.7 Å². The van der Waals surface area contributed by atoms with Gasteiger partial charge in [-0.2, -0.15) is 0 Å². The minimum atomic E-state index is 0.0866. The van der Waals surface area contributed by atoms with Crippen LogP contribution in [0.3, 0.4) is 0 Å². The Morgan fingerprint density at radius 3 is 2.68 bits per heavy atom. The van der Waals surface area contributed by atoms with Crippen LogP contribution in [0.5, 0.6) is 11.6 Å². The molecule has 0 saturated carbocycles. The molecule has 4 rings (SSSR count). The highest BCUT2D eigenvalue weighted by Crippen LogP contribution is 2.33. The summed E-state index contributed by atoms with van der Waals surface area (Å²) in [6.45, 7) is 5.14. The molecule has 1 saturated heterocycles. The van der Waals surface area contributed by atoms with E-state index in [1.807, 2.05) is 36.4 Å². The second-order valence-corrected chi connectivity index (χ2v) is 6.49. The summed E-state index contributed by atoms with van der Waals surface area (Å²) in [4.78, 5) is 13.1. The fourth-order valence-corrected chi connectivity index (χ4v) is 3.23. The van der Waals surface area contributed by atoms with E-state index in [0.29, 0.717) is 17.3 Å². The largest absolute Gasteiger partial charge is 0.476 e. The van der Waals surface area contributed by atoms with Crippen LogP contribution in [0.15, 0.2) is 47.6 Å². The fourth-order valence-electron chi connectivity index (χ4n) is 3.23. The molecule has 0 amide bonds. The normalized spacial score (nSPS) is 14.8. The molecule has 1 fully saturated rings. The molecule has 7 heteroatoms. The molecule has 0 aliphatic carbocycles. The first-order valence-corrected chi connectivity index (χ1v) is 9.22. The number of benzene rings is 2. The number of aliphatic imine (C=N–C) groups is 1. The van der Waals surface area contributed by atoms with Crippen LogP contribution >= 0.6 is 0 Å². The van der Waals surface area contributed by atoms with Crippen molar-refractivity contribution in [2.75, 3.05) is 19.9 Å². The molecule has 1 aromatic heterocycles. The first-order chi connectivity index (χ1) is 13.8. The maximum atomic E-state index is 5.98. The number of rotatable bonds is 6. The molecular weight excluding hydrogens is 356 g/mol. The van der Waals surface area contributed by atoms with E-state index in [0.717, 1.165) is 48.2 Å². The van der Waals surface area contributed by atoms with Crippen molar-refractivity contribution in [1.29, 1.82) is 0 Å². The lowest BCUT2D eigenvalue weighted by atomic mass is 10.0. The molecule has 144 valence electrons. The standard InChI is InChI=1S/C21H22N4O3/c1-23-19-11-15(3-5-20(19)27-13-22)14-2-4-17-18(10-14)25-21(12-24-17)28-16-6-8-26-9-7-16/h2-5,10-12,16H,1,6-9,13,22H2. The third-order valence-electron chi connectivity index (χ3n) is 4.68. The summed E-state index contributed by atoms with van der Waals surface area (Å²) in [6.07, 6.45) is 3.54. The SMILES string of the molecule is C=Nc1cc(-c2ccc3ncc(OC4CCOCC4)nc3c2)ccc1OCN. The van der Waals surface area contributed by atoms with E-state index in [4.69, 9.17) is 19.9 Å². The maximum absolute atomic E-state index is 5.98. The summed E-state index contributed by atoms with van der Waals surface area (Å²) in [6, 6.07) is 11.6. The lowest BCUT2D eigenvalue weighted by Crippen LogP contribution is -2.26. The van der Waals surface area contributed by atoms with Crippen molar-refractivity contribution in [2.24, 2.45) is 10.7 Å². The first kappa shape index (κ1) is 18.3. The van der Waals surface area contributed by atoms with Crippen LogP contribution in [0.4, 0.5) is 5.69 Å². The highest BCUT2D eigenvalue weighted by Gasteiger charge is 2.16. The molecule has 3 aromatic rings. The lowest BCUT2D eigenvalue weighted by molar-refractivity contribution is 0.0237. The van der Waals surface area contributed by atoms with Crippen molar-refractivity contribution >= 4 is 23.4 Å². The monoisotopic (exact) mass is 378 g/mol. The fraction of sp³-hybridized carbons (Fsp3) is 0.286. The van der Waals surface area contributed by atoms with Gasteiger partial charge in [0.15, 0.2) is 0 Å². The molecule has 1 aliphatic heterocycles. The van der Waals surface area contributed by atoms with Crippen LogP contribution in [0.2, 0.25) is 0 Å². The number of hydrogen-bond acceptors (Lipinski definition) is 7. The van der Waals surface area contributed by atoms with Gasteiger partial charge in [-0.3, -0.25) is 10.7 Å². The molecule has 0 bridgehead atoms. The Morgan fingerprint density at radius 1 is 1.11 bits per heavy atom. The third kappa shape index (κ3) is 3.95. The second-order valence-electron chi connectivity index (χ2n) is 6.49. The first-order valence-electron chi connectivity index (χ1n) is 9.22. The average Bonchev–Trinajstić information content (AvgIpc) is 2.74. The van der Waals surface area contributed by atoms with Crippen LogP contribution in [-0.2, 0) is 4.74 Å². The van der Waals surface area contributed by atoms with Gasteiger partial charge < -0.3 is 14.2 Å². The van der Waals surface area contributed by atoms with Gasteiger partial charge in [-0.05, 0) is 42.1 Å². The summed E-state index contributed by atoms with van der Waals surface area (Å²) in [5.74, 6) is 1.14. The van der Waals surface area contributed by atoms with Gasteiger partial charge in [0.2, 0.25) is 5.88 Å². The molecule has 2 N–H and O–H groups in total. The van der Waals surface area contributed by atoms with Gasteiger partial charge in [0, 0.05) is 12.8 Å². The minimum Gasteiger partial charge on any atom is -0.476 e. The predicted octanol–water partition coefficient (Wildman–Crippen LogP) is 3.48. The van der Waals surface area contributed by atoms with Gasteiger partial charge in [-0.25, -0.2) is 9.97 Å². The molecule has 1 aliphatic rings. The van der Waals surface area contributed by atoms with E-state index < -0.39 is 0 Å². The molecule has 2 aromatic carbocycles. The van der Waals surface area contributed by atoms with Gasteiger partial charge in [0.25, 0.3) is 0 Å². The molecule has 0 unspecified atom stereocenters. The molecule has 28 heavy (non-hydrogen) atoms. The van der Waals surface area contributed by atoms with E-state index in [2.05, 4.69) is 21.7 Å². The number of fused-ring (bicyclic) bond motifs is 1. The summed E-state index contributed by atoms with van der Waals surface area (Å²) in [5.41, 5.74) is 9.66. The topological polar surface area (TPSA) is 91.9 Å². The van der Waals surface area contributed by atoms with Crippen molar-refractivity contribution in [1.82, 2.24) is 9.97 Å². The Morgan fingerprint density at radius 2 is 1.89 bits per heavy atom. The molecule has 0 atom stereocenters. The maximum Gasteiger partial charge on any atom is 0.233 e. The summed E-state index contributed by atoms with van der Waals surface area (Å²) in [7, 11) is 0. The summed E-state index contributed by atoms with van der Waals surface area (Å²) < 4.78 is 16.7. The second kappa shape index (κ2) is 8.33. The Hall–Kier alpha value is -3.03. The smallest absolute Gasteiger partial charge is 0.233 e. The van der Waals surface area contributed by atoms with Crippen molar-refractivity contribution < 1.29 is 14.2 Å². The van der Waals surface area contributed by atoms with E-state index in [9.17, 15) is 0 Å². The highest BCUT2D eigenvalue weighted by molar-refractivity contribution is 5.82. The summed E-state index contributed by atoms with van der Waals surface area (Å²) >= 11 is 0. The molecule has 0 spiro atoms. The van der Waals surface area contributed by atoms with E-state index in [-0.39, 0.29) is 12.8 Å². The zero-order valence-electron chi connectivity index (χ0n) is 15.5. The molecular formula is C21H22N4O3. The van der Waals surface area contributed by atoms with Crippen LogP contribution < -0.4 is 15.2 Å². The molecule has 2 heterocycles. The Labute approximate surface area is 163 Å². The number of nitrogens with zero attached hydrogens (tertiary/aromatic N) is 3. The van der Waals surface area contributed by atoms with Crippen molar-refractivity contribution in [2.45, 2.75) is 18.9 Å². The Balaban J connectivity index is 1.63. The molecule has 7 nitrogen and oxygen atoms in total. The zero-order valence-corrected chi connectivity index (χ0v) is 15.5. The quantitative estimate of drug-likeness (QED) is 0.521. The predicted molar refractivity (Wildman–Crippen MR) is 108 cm³/mol. The van der Waals surface area contributed by atoms with Crippen LogP contribution in [0.25, 0.3) is 22.2 Å². The van der Waals surface area contributed by atoms with Crippen molar-refractivity contribution in [3.63, 3.8) is 0 Å². The number of hydrogen-bond donors (Lipinski definition) is 1. The number of nitrogens with two attached hydrogens (primary N) is 1.